The Labute approximate surface area is 190 Å². The van der Waals surface area contributed by atoms with Gasteiger partial charge in [-0.15, -0.1) is 0 Å². The Balaban J connectivity index is 0.000000890. The van der Waals surface area contributed by atoms with Crippen LogP contribution < -0.4 is 0 Å². The fraction of sp³-hybridized carbons (Fsp3) is 0.250. The van der Waals surface area contributed by atoms with E-state index in [4.69, 9.17) is 5.11 Å². The highest BCUT2D eigenvalue weighted by Crippen LogP contribution is 2.38. The average molecular weight is 480 g/mol. The van der Waals surface area contributed by atoms with Gasteiger partial charge in [0.15, 0.2) is 9.84 Å². The van der Waals surface area contributed by atoms with Gasteiger partial charge < -0.3 is 5.11 Å². The number of carboxylic acid groups (broad SMARTS) is 1. The van der Waals surface area contributed by atoms with Crippen molar-refractivity contribution in [1.82, 2.24) is 4.98 Å². The van der Waals surface area contributed by atoms with Crippen molar-refractivity contribution >= 4 is 15.8 Å². The van der Waals surface area contributed by atoms with Crippen LogP contribution >= 0.6 is 0 Å². The summed E-state index contributed by atoms with van der Waals surface area (Å²) in [6.45, 7) is 5.80. The number of rotatable bonds is 6. The Bertz CT molecular complexity index is 1230. The summed E-state index contributed by atoms with van der Waals surface area (Å²) in [4.78, 5) is 14.5. The molecule has 33 heavy (non-hydrogen) atoms. The lowest BCUT2D eigenvalue weighted by Crippen LogP contribution is -2.19. The topological polar surface area (TPSA) is 84.3 Å². The van der Waals surface area contributed by atoms with Crippen LogP contribution in [0.2, 0.25) is 0 Å². The number of benzene rings is 2. The molecular formula is C24H24F3NO4S. The van der Waals surface area contributed by atoms with Gasteiger partial charge in [0.05, 0.1) is 4.90 Å². The highest BCUT2D eigenvalue weighted by Gasteiger charge is 2.35. The van der Waals surface area contributed by atoms with Crippen molar-refractivity contribution in [2.24, 2.45) is 0 Å². The number of sulfone groups is 1. The molecule has 0 spiro atoms. The van der Waals surface area contributed by atoms with Crippen LogP contribution in [0, 0.1) is 24.4 Å². The second kappa shape index (κ2) is 11.1. The first-order valence-electron chi connectivity index (χ1n) is 10.2. The molecule has 0 amide bonds. The van der Waals surface area contributed by atoms with Crippen molar-refractivity contribution in [2.75, 3.05) is 0 Å². The normalized spacial score (nSPS) is 11.9. The van der Waals surface area contributed by atoms with Crippen molar-refractivity contribution in [3.05, 3.63) is 94.6 Å². The van der Waals surface area contributed by atoms with Crippen molar-refractivity contribution in [2.45, 2.75) is 43.8 Å². The van der Waals surface area contributed by atoms with Gasteiger partial charge >= 0.3 is 5.97 Å². The molecule has 176 valence electrons. The SMILES string of the molecule is CCCC.Cc1cc(C(=O)O)ncc1C(c1cc(F)ccc1F)S(=O)(=O)c1ccc(F)cc1. The Morgan fingerprint density at radius 3 is 2.03 bits per heavy atom. The molecule has 3 rings (SSSR count). The number of aromatic carboxylic acids is 1. The summed E-state index contributed by atoms with van der Waals surface area (Å²) >= 11 is 0. The molecule has 0 aliphatic rings. The maximum atomic E-state index is 14.5. The zero-order chi connectivity index (χ0) is 24.8. The molecule has 0 radical (unpaired) electrons. The first-order valence-corrected chi connectivity index (χ1v) is 11.7. The number of aromatic nitrogens is 1. The number of halogens is 3. The average Bonchev–Trinajstić information content (AvgIpc) is 2.77. The van der Waals surface area contributed by atoms with Gasteiger partial charge in [-0.2, -0.15) is 0 Å². The lowest BCUT2D eigenvalue weighted by molar-refractivity contribution is 0.0690. The predicted octanol–water partition coefficient (Wildman–Crippen LogP) is 5.88. The van der Waals surface area contributed by atoms with Gasteiger partial charge in [-0.3, -0.25) is 0 Å². The van der Waals surface area contributed by atoms with Crippen molar-refractivity contribution in [3.63, 3.8) is 0 Å². The molecule has 0 bridgehead atoms. The zero-order valence-electron chi connectivity index (χ0n) is 18.3. The number of nitrogens with zero attached hydrogens (tertiary/aromatic N) is 1. The predicted molar refractivity (Wildman–Crippen MR) is 118 cm³/mol. The molecule has 0 fully saturated rings. The Kier molecular flexibility index (Phi) is 8.76. The van der Waals surface area contributed by atoms with Crippen LogP contribution in [0.15, 0.2) is 59.6 Å². The summed E-state index contributed by atoms with van der Waals surface area (Å²) in [5, 5.41) is 7.35. The van der Waals surface area contributed by atoms with Gasteiger partial charge in [0.1, 0.15) is 28.4 Å². The molecule has 0 saturated carbocycles. The number of hydrogen-bond donors (Lipinski definition) is 1. The third kappa shape index (κ3) is 6.19. The first-order chi connectivity index (χ1) is 15.5. The van der Waals surface area contributed by atoms with Gasteiger partial charge in [0, 0.05) is 11.8 Å². The summed E-state index contributed by atoms with van der Waals surface area (Å²) in [6.07, 6.45) is 3.65. The molecule has 1 heterocycles. The van der Waals surface area contributed by atoms with Crippen molar-refractivity contribution < 1.29 is 31.5 Å². The van der Waals surface area contributed by atoms with E-state index in [1.54, 1.807) is 0 Å². The number of pyridine rings is 1. The van der Waals surface area contributed by atoms with E-state index in [1.807, 2.05) is 0 Å². The van der Waals surface area contributed by atoms with Gasteiger partial charge in [-0.1, -0.05) is 26.7 Å². The smallest absolute Gasteiger partial charge is 0.354 e. The fourth-order valence-electron chi connectivity index (χ4n) is 2.94. The molecule has 5 nitrogen and oxygen atoms in total. The van der Waals surface area contributed by atoms with Gasteiger partial charge in [-0.05, 0) is 66.6 Å². The van der Waals surface area contributed by atoms with Crippen LogP contribution in [0.25, 0.3) is 0 Å². The lowest BCUT2D eigenvalue weighted by atomic mass is 10.0. The number of unbranched alkanes of at least 4 members (excludes halogenated alkanes) is 1. The molecular weight excluding hydrogens is 455 g/mol. The standard InChI is InChI=1S/C20H14F3NO4S.C4H10/c1-11-8-18(20(25)26)24-10-16(11)19(15-9-13(22)4-7-17(15)23)29(27,28)14-5-2-12(21)3-6-14;1-3-4-2/h2-10,19H,1H3,(H,25,26);3-4H2,1-2H3. The minimum atomic E-state index is -4.38. The summed E-state index contributed by atoms with van der Waals surface area (Å²) in [6, 6.07) is 7.44. The molecule has 1 atom stereocenters. The van der Waals surface area contributed by atoms with E-state index < -0.39 is 44.1 Å². The molecule has 1 N–H and O–H groups in total. The molecule has 0 aliphatic carbocycles. The molecule has 3 aromatic rings. The van der Waals surface area contributed by atoms with E-state index >= 15 is 0 Å². The Hall–Kier alpha value is -3.20. The summed E-state index contributed by atoms with van der Waals surface area (Å²) in [7, 11) is -4.38. The molecule has 0 aliphatic heterocycles. The van der Waals surface area contributed by atoms with E-state index in [9.17, 15) is 26.4 Å². The maximum absolute atomic E-state index is 14.5. The van der Waals surface area contributed by atoms with Crippen molar-refractivity contribution in [1.29, 1.82) is 0 Å². The summed E-state index contributed by atoms with van der Waals surface area (Å²) < 4.78 is 68.3. The van der Waals surface area contributed by atoms with Gasteiger partial charge in [-0.25, -0.2) is 31.4 Å². The second-order valence-corrected chi connectivity index (χ2v) is 9.31. The Morgan fingerprint density at radius 1 is 0.939 bits per heavy atom. The van der Waals surface area contributed by atoms with Crippen LogP contribution in [-0.4, -0.2) is 24.5 Å². The lowest BCUT2D eigenvalue weighted by Gasteiger charge is -2.21. The summed E-state index contributed by atoms with van der Waals surface area (Å²) in [5.74, 6) is -3.81. The highest BCUT2D eigenvalue weighted by molar-refractivity contribution is 7.92. The van der Waals surface area contributed by atoms with E-state index in [1.165, 1.54) is 19.8 Å². The third-order valence-electron chi connectivity index (χ3n) is 4.85. The molecule has 2 aromatic carbocycles. The third-order valence-corrected chi connectivity index (χ3v) is 6.90. The number of hydrogen-bond acceptors (Lipinski definition) is 4. The molecule has 1 unspecified atom stereocenters. The number of carbonyl (C=O) groups is 1. The first kappa shape index (κ1) is 26.1. The quantitative estimate of drug-likeness (QED) is 0.447. The number of aryl methyl sites for hydroxylation is 1. The van der Waals surface area contributed by atoms with Crippen molar-refractivity contribution in [3.8, 4) is 0 Å². The van der Waals surface area contributed by atoms with E-state index in [2.05, 4.69) is 18.8 Å². The van der Waals surface area contributed by atoms with Gasteiger partial charge in [0.25, 0.3) is 0 Å². The van der Waals surface area contributed by atoms with Crippen LogP contribution in [-0.2, 0) is 9.84 Å². The zero-order valence-corrected chi connectivity index (χ0v) is 19.2. The Morgan fingerprint density at radius 2 is 1.52 bits per heavy atom. The summed E-state index contributed by atoms with van der Waals surface area (Å²) in [5.41, 5.74) is -0.619. The molecule has 1 aromatic heterocycles. The van der Waals surface area contributed by atoms with E-state index in [-0.39, 0.29) is 21.7 Å². The second-order valence-electron chi connectivity index (χ2n) is 7.28. The highest BCUT2D eigenvalue weighted by atomic mass is 32.2. The van der Waals surface area contributed by atoms with Crippen LogP contribution in [0.5, 0.6) is 0 Å². The van der Waals surface area contributed by atoms with E-state index in [0.717, 1.165) is 54.7 Å². The number of carboxylic acids is 1. The van der Waals surface area contributed by atoms with Crippen LogP contribution in [0.4, 0.5) is 13.2 Å². The van der Waals surface area contributed by atoms with E-state index in [0.29, 0.717) is 0 Å². The minimum absolute atomic E-state index is 0.0242. The molecule has 9 heteroatoms. The van der Waals surface area contributed by atoms with Gasteiger partial charge in [0.2, 0.25) is 0 Å². The monoisotopic (exact) mass is 479 g/mol. The largest absolute Gasteiger partial charge is 0.477 e. The maximum Gasteiger partial charge on any atom is 0.354 e. The fourth-order valence-corrected chi connectivity index (χ4v) is 4.82. The minimum Gasteiger partial charge on any atom is -0.477 e. The van der Waals surface area contributed by atoms with Crippen LogP contribution in [0.1, 0.15) is 59.1 Å². The van der Waals surface area contributed by atoms with Crippen LogP contribution in [0.3, 0.4) is 0 Å². The molecule has 0 saturated heterocycles.